The smallest absolute Gasteiger partial charge is 0.273 e. The molecule has 3 aromatic rings. The molecule has 1 N–H and O–H groups in total. The maximum atomic E-state index is 12.3. The normalized spacial score (nSPS) is 11.2. The van der Waals surface area contributed by atoms with Gasteiger partial charge in [0.05, 0.1) is 6.54 Å². The predicted octanol–water partition coefficient (Wildman–Crippen LogP) is 3.48. The maximum absolute atomic E-state index is 12.3. The van der Waals surface area contributed by atoms with Crippen molar-refractivity contribution in [1.82, 2.24) is 20.1 Å². The van der Waals surface area contributed by atoms with Crippen LogP contribution in [0.25, 0.3) is 0 Å². The number of aryl methyl sites for hydroxylation is 1. The van der Waals surface area contributed by atoms with E-state index < -0.39 is 0 Å². The third-order valence-electron chi connectivity index (χ3n) is 4.76. The molecule has 0 radical (unpaired) electrons. The number of likely N-dealkylation sites (N-methyl/N-ethyl adjacent to an activating group) is 1. The highest BCUT2D eigenvalue weighted by Crippen LogP contribution is 2.15. The molecule has 0 aliphatic heterocycles. The first-order valence-corrected chi connectivity index (χ1v) is 10.2. The van der Waals surface area contributed by atoms with Gasteiger partial charge in [0.1, 0.15) is 6.26 Å². The van der Waals surface area contributed by atoms with Crippen LogP contribution in [0, 0.1) is 6.92 Å². The lowest BCUT2D eigenvalue weighted by molar-refractivity contribution is 0.0946. The molecule has 3 rings (SSSR count). The molecule has 0 aliphatic carbocycles. The zero-order chi connectivity index (χ0) is 21.3. The fourth-order valence-electron chi connectivity index (χ4n) is 3.12. The second kappa shape index (κ2) is 10.7. The molecule has 6 heteroatoms. The number of carbonyl (C=O) groups excluding carboxylic acids is 1. The topological polar surface area (TPSA) is 61.6 Å². The highest BCUT2D eigenvalue weighted by atomic mass is 16.3. The molecule has 1 aromatic heterocycles. The molecule has 6 nitrogen and oxygen atoms in total. The summed E-state index contributed by atoms with van der Waals surface area (Å²) < 4.78 is 5.61. The summed E-state index contributed by atoms with van der Waals surface area (Å²) in [6, 6.07) is 18.9. The average molecular weight is 407 g/mol. The van der Waals surface area contributed by atoms with Gasteiger partial charge in [0.25, 0.3) is 5.91 Å². The van der Waals surface area contributed by atoms with Crippen molar-refractivity contribution >= 4 is 5.91 Å². The van der Waals surface area contributed by atoms with E-state index in [-0.39, 0.29) is 5.91 Å². The standard InChI is InChI=1S/C24H30N4O2/c1-19-9-11-21(12-10-19)16-28(15-20-7-5-4-6-8-20)17-23-26-22(18-30-23)24(29)25-13-14-27(2)3/h4-12,18H,13-17H2,1-3H3,(H,25,29). The zero-order valence-corrected chi connectivity index (χ0v) is 18.0. The summed E-state index contributed by atoms with van der Waals surface area (Å²) in [5.74, 6) is 0.329. The number of amides is 1. The molecule has 0 fully saturated rings. The van der Waals surface area contributed by atoms with Gasteiger partial charge in [-0.05, 0) is 32.1 Å². The van der Waals surface area contributed by atoms with E-state index in [1.54, 1.807) is 0 Å². The van der Waals surface area contributed by atoms with Gasteiger partial charge < -0.3 is 14.6 Å². The fourth-order valence-corrected chi connectivity index (χ4v) is 3.12. The van der Waals surface area contributed by atoms with Gasteiger partial charge in [-0.2, -0.15) is 0 Å². The van der Waals surface area contributed by atoms with E-state index in [0.29, 0.717) is 24.7 Å². The maximum Gasteiger partial charge on any atom is 0.273 e. The molecule has 0 aliphatic rings. The van der Waals surface area contributed by atoms with Crippen molar-refractivity contribution in [2.24, 2.45) is 0 Å². The van der Waals surface area contributed by atoms with Crippen LogP contribution in [0.15, 0.2) is 65.3 Å². The summed E-state index contributed by atoms with van der Waals surface area (Å²) in [7, 11) is 3.94. The zero-order valence-electron chi connectivity index (χ0n) is 18.0. The number of hydrogen-bond donors (Lipinski definition) is 1. The van der Waals surface area contributed by atoms with Crippen molar-refractivity contribution in [2.75, 3.05) is 27.2 Å². The number of aromatic nitrogens is 1. The molecular weight excluding hydrogens is 376 g/mol. The Hall–Kier alpha value is -2.96. The largest absolute Gasteiger partial charge is 0.447 e. The van der Waals surface area contributed by atoms with E-state index in [9.17, 15) is 4.79 Å². The molecular formula is C24H30N4O2. The number of carbonyl (C=O) groups is 1. The molecule has 30 heavy (non-hydrogen) atoms. The molecule has 2 aromatic carbocycles. The van der Waals surface area contributed by atoms with Crippen LogP contribution in [0.4, 0.5) is 0 Å². The Balaban J connectivity index is 1.67. The lowest BCUT2D eigenvalue weighted by Crippen LogP contribution is -2.31. The van der Waals surface area contributed by atoms with Crippen LogP contribution in [0.5, 0.6) is 0 Å². The Morgan fingerprint density at radius 3 is 2.30 bits per heavy atom. The van der Waals surface area contributed by atoms with Crippen LogP contribution in [0.1, 0.15) is 33.1 Å². The van der Waals surface area contributed by atoms with Gasteiger partial charge in [-0.15, -0.1) is 0 Å². The quantitative estimate of drug-likeness (QED) is 0.559. The first kappa shape index (κ1) is 21.7. The summed E-state index contributed by atoms with van der Waals surface area (Å²) in [4.78, 5) is 21.0. The lowest BCUT2D eigenvalue weighted by atomic mass is 10.1. The van der Waals surface area contributed by atoms with E-state index >= 15 is 0 Å². The lowest BCUT2D eigenvalue weighted by Gasteiger charge is -2.21. The summed E-state index contributed by atoms with van der Waals surface area (Å²) >= 11 is 0. The average Bonchev–Trinajstić information content (AvgIpc) is 3.19. The first-order valence-electron chi connectivity index (χ1n) is 10.2. The van der Waals surface area contributed by atoms with Crippen LogP contribution in [0.2, 0.25) is 0 Å². The van der Waals surface area contributed by atoms with Gasteiger partial charge in [-0.3, -0.25) is 9.69 Å². The third kappa shape index (κ3) is 6.83. The highest BCUT2D eigenvalue weighted by Gasteiger charge is 2.15. The minimum atomic E-state index is -0.208. The molecule has 0 unspecified atom stereocenters. The third-order valence-corrected chi connectivity index (χ3v) is 4.76. The monoisotopic (exact) mass is 406 g/mol. The fraction of sp³-hybridized carbons (Fsp3) is 0.333. The van der Waals surface area contributed by atoms with Crippen molar-refractivity contribution in [1.29, 1.82) is 0 Å². The Bertz CT molecular complexity index is 920. The summed E-state index contributed by atoms with van der Waals surface area (Å²) in [6.45, 7) is 5.49. The minimum absolute atomic E-state index is 0.208. The van der Waals surface area contributed by atoms with Crippen LogP contribution in [-0.2, 0) is 19.6 Å². The molecule has 0 bridgehead atoms. The van der Waals surface area contributed by atoms with Crippen molar-refractivity contribution in [2.45, 2.75) is 26.6 Å². The van der Waals surface area contributed by atoms with Gasteiger partial charge in [0.15, 0.2) is 5.69 Å². The van der Waals surface area contributed by atoms with E-state index in [1.165, 1.54) is 23.0 Å². The van der Waals surface area contributed by atoms with Gasteiger partial charge in [-0.25, -0.2) is 4.98 Å². The van der Waals surface area contributed by atoms with Gasteiger partial charge >= 0.3 is 0 Å². The number of oxazole rings is 1. The Kier molecular flexibility index (Phi) is 7.76. The van der Waals surface area contributed by atoms with E-state index in [2.05, 4.69) is 58.5 Å². The molecule has 1 amide bonds. The Morgan fingerprint density at radius 2 is 1.63 bits per heavy atom. The van der Waals surface area contributed by atoms with Crippen molar-refractivity contribution in [3.05, 3.63) is 89.1 Å². The first-order chi connectivity index (χ1) is 14.5. The number of nitrogens with zero attached hydrogens (tertiary/aromatic N) is 3. The Labute approximate surface area is 178 Å². The highest BCUT2D eigenvalue weighted by molar-refractivity contribution is 5.91. The van der Waals surface area contributed by atoms with Crippen LogP contribution in [-0.4, -0.2) is 47.9 Å². The van der Waals surface area contributed by atoms with Crippen LogP contribution in [0.3, 0.4) is 0 Å². The number of hydrogen-bond acceptors (Lipinski definition) is 5. The molecule has 0 saturated carbocycles. The summed E-state index contributed by atoms with van der Waals surface area (Å²) in [5.41, 5.74) is 4.01. The van der Waals surface area contributed by atoms with Crippen LogP contribution < -0.4 is 5.32 Å². The predicted molar refractivity (Wildman–Crippen MR) is 118 cm³/mol. The minimum Gasteiger partial charge on any atom is -0.447 e. The molecule has 0 atom stereocenters. The molecule has 1 heterocycles. The second-order valence-corrected chi connectivity index (χ2v) is 7.80. The summed E-state index contributed by atoms with van der Waals surface area (Å²) in [5, 5.41) is 2.87. The van der Waals surface area contributed by atoms with E-state index in [1.807, 2.05) is 37.2 Å². The molecule has 158 valence electrons. The van der Waals surface area contributed by atoms with Crippen LogP contribution >= 0.6 is 0 Å². The van der Waals surface area contributed by atoms with Gasteiger partial charge in [0, 0.05) is 26.2 Å². The number of rotatable bonds is 10. The van der Waals surface area contributed by atoms with Gasteiger partial charge in [0.2, 0.25) is 5.89 Å². The second-order valence-electron chi connectivity index (χ2n) is 7.80. The SMILES string of the molecule is Cc1ccc(CN(Cc2ccccc2)Cc2nc(C(=O)NCCN(C)C)co2)cc1. The van der Waals surface area contributed by atoms with Crippen molar-refractivity contribution in [3.8, 4) is 0 Å². The summed E-state index contributed by atoms with van der Waals surface area (Å²) in [6.07, 6.45) is 1.44. The van der Waals surface area contributed by atoms with E-state index in [4.69, 9.17) is 4.42 Å². The number of benzene rings is 2. The van der Waals surface area contributed by atoms with Gasteiger partial charge in [-0.1, -0.05) is 60.2 Å². The molecule has 0 spiro atoms. The Morgan fingerprint density at radius 1 is 0.967 bits per heavy atom. The van der Waals surface area contributed by atoms with Crippen molar-refractivity contribution in [3.63, 3.8) is 0 Å². The molecule has 0 saturated heterocycles. The van der Waals surface area contributed by atoms with Crippen molar-refractivity contribution < 1.29 is 9.21 Å². The number of nitrogens with one attached hydrogen (secondary N) is 1. The van der Waals surface area contributed by atoms with E-state index in [0.717, 1.165) is 19.6 Å².